The van der Waals surface area contributed by atoms with Crippen molar-refractivity contribution in [1.29, 1.82) is 0 Å². The van der Waals surface area contributed by atoms with E-state index in [0.717, 1.165) is 10.6 Å². The molecule has 0 aromatic carbocycles. The van der Waals surface area contributed by atoms with Crippen LogP contribution in [-0.4, -0.2) is 48.5 Å². The molecule has 0 unspecified atom stereocenters. The molecule has 148 valence electrons. The molecule has 9 nitrogen and oxygen atoms in total. The molecule has 10 heteroatoms. The number of rotatable bonds is 7. The Bertz CT molecular complexity index is 1100. The summed E-state index contributed by atoms with van der Waals surface area (Å²) >= 11 is 1.59. The molecule has 0 bridgehead atoms. The Kier molecular flexibility index (Phi) is 5.34. The summed E-state index contributed by atoms with van der Waals surface area (Å²) in [6.45, 7) is 2.79. The molecule has 0 spiro atoms. The molecule has 0 radical (unpaired) electrons. The van der Waals surface area contributed by atoms with Gasteiger partial charge < -0.3 is 10.6 Å². The molecule has 0 aliphatic carbocycles. The fourth-order valence-corrected chi connectivity index (χ4v) is 3.53. The first-order chi connectivity index (χ1) is 14.1. The maximum Gasteiger partial charge on any atom is 0.269 e. The lowest BCUT2D eigenvalue weighted by Gasteiger charge is -2.09. The maximum absolute atomic E-state index is 12.5. The van der Waals surface area contributed by atoms with Crippen molar-refractivity contribution in [2.45, 2.75) is 6.92 Å². The highest BCUT2D eigenvalue weighted by atomic mass is 32.1. The average molecular weight is 408 g/mol. The third-order valence-electron chi connectivity index (χ3n) is 4.17. The molecule has 0 saturated heterocycles. The summed E-state index contributed by atoms with van der Waals surface area (Å²) in [5.74, 6) is 1.84. The van der Waals surface area contributed by atoms with E-state index in [1.807, 2.05) is 42.8 Å². The lowest BCUT2D eigenvalue weighted by atomic mass is 10.3. The van der Waals surface area contributed by atoms with Crippen LogP contribution in [0.3, 0.4) is 0 Å². The normalized spacial score (nSPS) is 10.8. The number of nitrogens with one attached hydrogen (secondary N) is 2. The van der Waals surface area contributed by atoms with E-state index < -0.39 is 0 Å². The zero-order chi connectivity index (χ0) is 20.2. The van der Waals surface area contributed by atoms with Crippen LogP contribution in [0.1, 0.15) is 16.3 Å². The van der Waals surface area contributed by atoms with Gasteiger partial charge in [0.05, 0.1) is 4.88 Å². The van der Waals surface area contributed by atoms with Crippen LogP contribution in [0.5, 0.6) is 0 Å². The molecular formula is C19H20N8OS. The van der Waals surface area contributed by atoms with Crippen LogP contribution in [0.2, 0.25) is 0 Å². The number of aryl methyl sites for hydroxylation is 2. The van der Waals surface area contributed by atoms with Crippen molar-refractivity contribution in [3.63, 3.8) is 0 Å². The van der Waals surface area contributed by atoms with Crippen LogP contribution < -0.4 is 10.6 Å². The van der Waals surface area contributed by atoms with Gasteiger partial charge in [0.15, 0.2) is 5.82 Å². The van der Waals surface area contributed by atoms with Crippen molar-refractivity contribution in [3.8, 4) is 16.4 Å². The molecule has 0 aliphatic heterocycles. The van der Waals surface area contributed by atoms with Crippen LogP contribution in [0, 0.1) is 6.92 Å². The maximum atomic E-state index is 12.5. The molecule has 4 aromatic rings. The van der Waals surface area contributed by atoms with Gasteiger partial charge in [-0.2, -0.15) is 10.2 Å². The van der Waals surface area contributed by atoms with E-state index in [1.54, 1.807) is 40.0 Å². The first-order valence-electron chi connectivity index (χ1n) is 9.06. The zero-order valence-electron chi connectivity index (χ0n) is 16.0. The summed E-state index contributed by atoms with van der Waals surface area (Å²) in [6, 6.07) is 9.41. The van der Waals surface area contributed by atoms with E-state index in [2.05, 4.69) is 30.8 Å². The molecule has 4 rings (SSSR count). The Morgan fingerprint density at radius 3 is 2.86 bits per heavy atom. The van der Waals surface area contributed by atoms with E-state index in [0.29, 0.717) is 36.2 Å². The number of hydrogen-bond acceptors (Lipinski definition) is 7. The van der Waals surface area contributed by atoms with Gasteiger partial charge >= 0.3 is 0 Å². The largest absolute Gasteiger partial charge is 0.368 e. The van der Waals surface area contributed by atoms with Gasteiger partial charge in [-0.15, -0.1) is 11.3 Å². The first kappa shape index (κ1) is 18.8. The number of amides is 1. The van der Waals surface area contributed by atoms with Gasteiger partial charge in [-0.05, 0) is 30.5 Å². The van der Waals surface area contributed by atoms with Crippen LogP contribution >= 0.6 is 11.3 Å². The van der Waals surface area contributed by atoms with E-state index in [9.17, 15) is 4.79 Å². The van der Waals surface area contributed by atoms with Gasteiger partial charge in [0.2, 0.25) is 0 Å². The SMILES string of the molecule is Cc1nc(NCCNC(=O)c2cc(-c3cccs3)nn2C)cc(-n2cccn2)n1. The molecule has 0 atom stereocenters. The summed E-state index contributed by atoms with van der Waals surface area (Å²) in [4.78, 5) is 22.3. The fourth-order valence-electron chi connectivity index (χ4n) is 2.85. The topological polar surface area (TPSA) is 103 Å². The number of anilines is 1. The van der Waals surface area contributed by atoms with Crippen LogP contribution in [0.25, 0.3) is 16.4 Å². The van der Waals surface area contributed by atoms with Gasteiger partial charge in [0.1, 0.15) is 23.0 Å². The van der Waals surface area contributed by atoms with E-state index in [4.69, 9.17) is 0 Å². The summed E-state index contributed by atoms with van der Waals surface area (Å²) < 4.78 is 3.27. The second-order valence-electron chi connectivity index (χ2n) is 6.31. The number of thiophene rings is 1. The second kappa shape index (κ2) is 8.23. The summed E-state index contributed by atoms with van der Waals surface area (Å²) in [6.07, 6.45) is 3.52. The van der Waals surface area contributed by atoms with Gasteiger partial charge in [-0.25, -0.2) is 14.6 Å². The average Bonchev–Trinajstić information content (AvgIpc) is 3.46. The van der Waals surface area contributed by atoms with Crippen LogP contribution in [-0.2, 0) is 7.05 Å². The first-order valence-corrected chi connectivity index (χ1v) is 9.94. The van der Waals surface area contributed by atoms with Crippen molar-refractivity contribution in [1.82, 2.24) is 34.8 Å². The second-order valence-corrected chi connectivity index (χ2v) is 7.26. The molecule has 29 heavy (non-hydrogen) atoms. The number of aromatic nitrogens is 6. The monoisotopic (exact) mass is 408 g/mol. The van der Waals surface area contributed by atoms with Crippen molar-refractivity contribution in [3.05, 3.63) is 59.6 Å². The minimum absolute atomic E-state index is 0.166. The standard InChI is InChI=1S/C19H20N8OS/c1-13-23-17(12-18(24-13)27-9-4-6-22-27)20-7-8-21-19(28)15-11-14(25-26(15)2)16-5-3-10-29-16/h3-6,9-12H,7-8H2,1-2H3,(H,21,28)(H,20,23,24). The number of carbonyl (C=O) groups is 1. The Labute approximate surface area is 171 Å². The minimum Gasteiger partial charge on any atom is -0.368 e. The minimum atomic E-state index is -0.166. The number of hydrogen-bond donors (Lipinski definition) is 2. The van der Waals surface area contributed by atoms with Crippen LogP contribution in [0.4, 0.5) is 5.82 Å². The molecule has 0 aliphatic rings. The van der Waals surface area contributed by atoms with Crippen molar-refractivity contribution in [2.75, 3.05) is 18.4 Å². The lowest BCUT2D eigenvalue weighted by Crippen LogP contribution is -2.30. The molecule has 0 saturated carbocycles. The third kappa shape index (κ3) is 4.32. The smallest absolute Gasteiger partial charge is 0.269 e. The van der Waals surface area contributed by atoms with E-state index >= 15 is 0 Å². The third-order valence-corrected chi connectivity index (χ3v) is 5.06. The predicted molar refractivity (Wildman–Crippen MR) is 111 cm³/mol. The Morgan fingerprint density at radius 2 is 2.10 bits per heavy atom. The molecular weight excluding hydrogens is 388 g/mol. The number of nitrogens with zero attached hydrogens (tertiary/aromatic N) is 6. The molecule has 0 fully saturated rings. The molecule has 4 heterocycles. The van der Waals surface area contributed by atoms with Crippen molar-refractivity contribution in [2.24, 2.45) is 7.05 Å². The Balaban J connectivity index is 1.34. The highest BCUT2D eigenvalue weighted by Gasteiger charge is 2.14. The van der Waals surface area contributed by atoms with E-state index in [-0.39, 0.29) is 5.91 Å². The predicted octanol–water partition coefficient (Wildman–Crippen LogP) is 2.27. The van der Waals surface area contributed by atoms with Gasteiger partial charge in [-0.3, -0.25) is 9.48 Å². The van der Waals surface area contributed by atoms with Crippen molar-refractivity contribution >= 4 is 23.1 Å². The van der Waals surface area contributed by atoms with E-state index in [1.165, 1.54) is 0 Å². The highest BCUT2D eigenvalue weighted by molar-refractivity contribution is 7.13. The summed E-state index contributed by atoms with van der Waals surface area (Å²) in [5.41, 5.74) is 1.32. The molecule has 2 N–H and O–H groups in total. The molecule has 4 aromatic heterocycles. The lowest BCUT2D eigenvalue weighted by molar-refractivity contribution is 0.0946. The Morgan fingerprint density at radius 1 is 1.21 bits per heavy atom. The highest BCUT2D eigenvalue weighted by Crippen LogP contribution is 2.23. The van der Waals surface area contributed by atoms with Gasteiger partial charge in [-0.1, -0.05) is 6.07 Å². The fraction of sp³-hybridized carbons (Fsp3) is 0.211. The zero-order valence-corrected chi connectivity index (χ0v) is 16.8. The van der Waals surface area contributed by atoms with Crippen molar-refractivity contribution < 1.29 is 4.79 Å². The molecule has 1 amide bonds. The summed E-state index contributed by atoms with van der Waals surface area (Å²) in [5, 5.41) is 16.7. The number of carbonyl (C=O) groups excluding carboxylic acids is 1. The Hall–Kier alpha value is -3.53. The quantitative estimate of drug-likeness (QED) is 0.455. The van der Waals surface area contributed by atoms with Crippen LogP contribution in [0.15, 0.2) is 48.1 Å². The van der Waals surface area contributed by atoms with Gasteiger partial charge in [0, 0.05) is 38.6 Å². The van der Waals surface area contributed by atoms with Gasteiger partial charge in [0.25, 0.3) is 5.91 Å². The summed E-state index contributed by atoms with van der Waals surface area (Å²) in [7, 11) is 1.77.